The molecule has 0 atom stereocenters. The largest absolute Gasteiger partial charge is 0.481 e. The van der Waals surface area contributed by atoms with E-state index in [1.54, 1.807) is 0 Å². The molecule has 0 fully saturated rings. The van der Waals surface area contributed by atoms with Crippen molar-refractivity contribution in [1.29, 1.82) is 0 Å². The Hall–Kier alpha value is -2.04. The molecule has 0 saturated carbocycles. The number of carbonyl (C=O) groups excluding carboxylic acids is 1. The van der Waals surface area contributed by atoms with Crippen molar-refractivity contribution < 1.29 is 14.7 Å². The zero-order valence-electron chi connectivity index (χ0n) is 14.4. The zero-order chi connectivity index (χ0) is 17.5. The average molecular weight is 334 g/mol. The van der Waals surface area contributed by atoms with Gasteiger partial charge in [0.15, 0.2) is 0 Å². The Labute approximate surface area is 144 Å². The van der Waals surface area contributed by atoms with Gasteiger partial charge in [-0.25, -0.2) is 4.79 Å². The van der Waals surface area contributed by atoms with E-state index in [0.717, 1.165) is 37.7 Å². The van der Waals surface area contributed by atoms with Gasteiger partial charge in [-0.15, -0.1) is 0 Å². The van der Waals surface area contributed by atoms with Gasteiger partial charge in [-0.2, -0.15) is 0 Å². The Morgan fingerprint density at radius 3 is 2.00 bits per heavy atom. The molecular weight excluding hydrogens is 304 g/mol. The van der Waals surface area contributed by atoms with E-state index in [-0.39, 0.29) is 12.5 Å². The summed E-state index contributed by atoms with van der Waals surface area (Å²) in [6.07, 6.45) is 8.86. The minimum Gasteiger partial charge on any atom is -0.481 e. The van der Waals surface area contributed by atoms with Crippen LogP contribution in [0.2, 0.25) is 0 Å². The van der Waals surface area contributed by atoms with Crippen LogP contribution in [0.3, 0.4) is 0 Å². The number of nitrogens with one attached hydrogen (secondary N) is 2. The quantitative estimate of drug-likeness (QED) is 0.476. The predicted molar refractivity (Wildman–Crippen MR) is 95.9 cm³/mol. The molecule has 0 saturated heterocycles. The number of hydrogen-bond donors (Lipinski definition) is 3. The van der Waals surface area contributed by atoms with Crippen molar-refractivity contribution in [2.45, 2.75) is 64.3 Å². The van der Waals surface area contributed by atoms with Gasteiger partial charge in [0, 0.05) is 19.5 Å². The number of carboxylic acid groups (broad SMARTS) is 1. The fraction of sp³-hybridized carbons (Fsp3) is 0.579. The number of carbonyl (C=O) groups is 2. The highest BCUT2D eigenvalue weighted by molar-refractivity contribution is 5.73. The van der Waals surface area contributed by atoms with Gasteiger partial charge in [0.1, 0.15) is 0 Å². The van der Waals surface area contributed by atoms with Crippen molar-refractivity contribution in [2.75, 3.05) is 6.54 Å². The first-order valence-corrected chi connectivity index (χ1v) is 8.96. The summed E-state index contributed by atoms with van der Waals surface area (Å²) < 4.78 is 0. The van der Waals surface area contributed by atoms with Crippen molar-refractivity contribution in [1.82, 2.24) is 10.6 Å². The number of aliphatic carboxylic acids is 1. The molecule has 1 aromatic carbocycles. The van der Waals surface area contributed by atoms with Gasteiger partial charge in [-0.3, -0.25) is 4.79 Å². The van der Waals surface area contributed by atoms with E-state index < -0.39 is 5.97 Å². The van der Waals surface area contributed by atoms with Gasteiger partial charge in [0.25, 0.3) is 0 Å². The molecule has 1 rings (SSSR count). The van der Waals surface area contributed by atoms with Crippen LogP contribution in [0.5, 0.6) is 0 Å². The fourth-order valence-electron chi connectivity index (χ4n) is 2.50. The second-order valence-electron chi connectivity index (χ2n) is 6.07. The van der Waals surface area contributed by atoms with Crippen molar-refractivity contribution >= 4 is 12.0 Å². The predicted octanol–water partition coefficient (Wildman–Crippen LogP) is 4.08. The van der Waals surface area contributed by atoms with E-state index in [4.69, 9.17) is 5.11 Å². The lowest BCUT2D eigenvalue weighted by molar-refractivity contribution is -0.137. The maximum atomic E-state index is 11.6. The van der Waals surface area contributed by atoms with E-state index >= 15 is 0 Å². The van der Waals surface area contributed by atoms with Gasteiger partial charge in [-0.05, 0) is 18.4 Å². The maximum Gasteiger partial charge on any atom is 0.315 e. The van der Waals surface area contributed by atoms with Crippen molar-refractivity contribution in [2.24, 2.45) is 0 Å². The lowest BCUT2D eigenvalue weighted by Crippen LogP contribution is -2.35. The van der Waals surface area contributed by atoms with Crippen LogP contribution >= 0.6 is 0 Å². The first-order chi connectivity index (χ1) is 11.7. The third-order valence-corrected chi connectivity index (χ3v) is 3.90. The van der Waals surface area contributed by atoms with Gasteiger partial charge in [0.05, 0.1) is 0 Å². The van der Waals surface area contributed by atoms with Gasteiger partial charge in [0.2, 0.25) is 0 Å². The molecule has 1 aromatic rings. The SMILES string of the molecule is O=C(O)CCCCCCCCCCNC(=O)NCc1ccccc1. The molecule has 3 N–H and O–H groups in total. The van der Waals surface area contributed by atoms with E-state index in [0.29, 0.717) is 13.1 Å². The Morgan fingerprint density at radius 1 is 0.792 bits per heavy atom. The second-order valence-corrected chi connectivity index (χ2v) is 6.07. The minimum atomic E-state index is -0.699. The van der Waals surface area contributed by atoms with Gasteiger partial charge >= 0.3 is 12.0 Å². The molecule has 0 radical (unpaired) electrons. The number of hydrogen-bond acceptors (Lipinski definition) is 2. The highest BCUT2D eigenvalue weighted by atomic mass is 16.4. The molecule has 0 aliphatic heterocycles. The molecule has 24 heavy (non-hydrogen) atoms. The van der Waals surface area contributed by atoms with Crippen LogP contribution in [0, 0.1) is 0 Å². The van der Waals surface area contributed by atoms with E-state index in [1.165, 1.54) is 19.3 Å². The lowest BCUT2D eigenvalue weighted by Gasteiger charge is -2.07. The van der Waals surface area contributed by atoms with Crippen LogP contribution in [0.15, 0.2) is 30.3 Å². The minimum absolute atomic E-state index is 0.114. The smallest absolute Gasteiger partial charge is 0.315 e. The summed E-state index contributed by atoms with van der Waals surface area (Å²) in [6, 6.07) is 9.74. The van der Waals surface area contributed by atoms with Gasteiger partial charge < -0.3 is 15.7 Å². The molecule has 0 aromatic heterocycles. The van der Waals surface area contributed by atoms with Crippen LogP contribution in [0.25, 0.3) is 0 Å². The fourth-order valence-corrected chi connectivity index (χ4v) is 2.50. The van der Waals surface area contributed by atoms with Gasteiger partial charge in [-0.1, -0.05) is 68.9 Å². The van der Waals surface area contributed by atoms with Crippen molar-refractivity contribution in [3.05, 3.63) is 35.9 Å². The van der Waals surface area contributed by atoms with E-state index in [9.17, 15) is 9.59 Å². The standard InChI is InChI=1S/C19H30N2O3/c22-18(23)14-10-5-3-1-2-4-6-11-15-20-19(24)21-16-17-12-8-7-9-13-17/h7-9,12-13H,1-6,10-11,14-16H2,(H,22,23)(H2,20,21,24). The molecule has 5 nitrogen and oxygen atoms in total. The van der Waals surface area contributed by atoms with Crippen molar-refractivity contribution in [3.8, 4) is 0 Å². The Balaban J connectivity index is 1.84. The molecular formula is C19H30N2O3. The molecule has 134 valence electrons. The van der Waals surface area contributed by atoms with Crippen LogP contribution in [-0.4, -0.2) is 23.7 Å². The first-order valence-electron chi connectivity index (χ1n) is 8.96. The molecule has 0 aliphatic carbocycles. The summed E-state index contributed by atoms with van der Waals surface area (Å²) in [5.41, 5.74) is 1.09. The number of unbranched alkanes of at least 4 members (excludes halogenated alkanes) is 7. The summed E-state index contributed by atoms with van der Waals surface area (Å²) in [4.78, 5) is 22.0. The average Bonchev–Trinajstić information content (AvgIpc) is 2.58. The molecule has 0 bridgehead atoms. The van der Waals surface area contributed by atoms with Crippen LogP contribution in [-0.2, 0) is 11.3 Å². The molecule has 0 spiro atoms. The molecule has 2 amide bonds. The first kappa shape index (κ1) is 20.0. The third-order valence-electron chi connectivity index (χ3n) is 3.90. The van der Waals surface area contributed by atoms with E-state index in [1.807, 2.05) is 30.3 Å². The maximum absolute atomic E-state index is 11.6. The number of amides is 2. The Kier molecular flexibility index (Phi) is 11.2. The van der Waals surface area contributed by atoms with Crippen molar-refractivity contribution in [3.63, 3.8) is 0 Å². The number of carboxylic acids is 1. The van der Waals surface area contributed by atoms with E-state index in [2.05, 4.69) is 10.6 Å². The number of rotatable bonds is 13. The number of urea groups is 1. The summed E-state index contributed by atoms with van der Waals surface area (Å²) >= 11 is 0. The zero-order valence-corrected chi connectivity index (χ0v) is 14.4. The topological polar surface area (TPSA) is 78.4 Å². The number of benzene rings is 1. The highest BCUT2D eigenvalue weighted by Gasteiger charge is 2.00. The second kappa shape index (κ2) is 13.4. The monoisotopic (exact) mass is 334 g/mol. The summed E-state index contributed by atoms with van der Waals surface area (Å²) in [5.74, 6) is -0.699. The summed E-state index contributed by atoms with van der Waals surface area (Å²) in [5, 5.41) is 14.3. The van der Waals surface area contributed by atoms with Crippen LogP contribution in [0.4, 0.5) is 4.79 Å². The normalized spacial score (nSPS) is 10.3. The molecule has 0 heterocycles. The van der Waals surface area contributed by atoms with Crippen LogP contribution in [0.1, 0.15) is 63.4 Å². The Morgan fingerprint density at radius 2 is 1.38 bits per heavy atom. The summed E-state index contributed by atoms with van der Waals surface area (Å²) in [7, 11) is 0. The Bertz CT molecular complexity index is 463. The third kappa shape index (κ3) is 11.5. The summed E-state index contributed by atoms with van der Waals surface area (Å²) in [6.45, 7) is 1.26. The molecule has 0 unspecified atom stereocenters. The molecule has 0 aliphatic rings. The molecule has 5 heteroatoms. The highest BCUT2D eigenvalue weighted by Crippen LogP contribution is 2.09. The van der Waals surface area contributed by atoms with Crippen LogP contribution < -0.4 is 10.6 Å². The lowest BCUT2D eigenvalue weighted by atomic mass is 10.1.